The van der Waals surface area contributed by atoms with Gasteiger partial charge < -0.3 is 4.74 Å². The van der Waals surface area contributed by atoms with Crippen molar-refractivity contribution in [2.75, 3.05) is 12.4 Å². The average Bonchev–Trinajstić information content (AvgIpc) is 3.20. The third-order valence-electron chi connectivity index (χ3n) is 4.16. The van der Waals surface area contributed by atoms with Crippen LogP contribution in [-0.2, 0) is 19.4 Å². The maximum Gasteiger partial charge on any atom is 0.328 e. The molecule has 0 radical (unpaired) electrons. The fourth-order valence-electron chi connectivity index (χ4n) is 2.91. The van der Waals surface area contributed by atoms with Crippen LogP contribution in [0, 0.1) is 23.7 Å². The third kappa shape index (κ3) is 2.40. The van der Waals surface area contributed by atoms with Gasteiger partial charge in [-0.1, -0.05) is 36.8 Å². The lowest BCUT2D eigenvalue weighted by atomic mass is 10.00. The molecule has 0 heterocycles. The van der Waals surface area contributed by atoms with Crippen LogP contribution in [-0.4, -0.2) is 32.0 Å². The van der Waals surface area contributed by atoms with Crippen molar-refractivity contribution in [3.8, 4) is 6.07 Å². The summed E-state index contributed by atoms with van der Waals surface area (Å²) in [5.41, 5.74) is 0.0836. The van der Waals surface area contributed by atoms with Crippen molar-refractivity contribution in [2.24, 2.45) is 5.41 Å². The molecular weight excluding hydrogens is 302 g/mol. The van der Waals surface area contributed by atoms with E-state index in [1.165, 1.54) is 6.92 Å². The Morgan fingerprint density at radius 2 is 1.91 bits per heavy atom. The lowest BCUT2D eigenvalue weighted by Crippen LogP contribution is -2.26. The van der Waals surface area contributed by atoms with Gasteiger partial charge in [0.15, 0.2) is 15.3 Å². The smallest absolute Gasteiger partial charge is 0.328 e. The molecule has 0 N–H and O–H groups in total. The zero-order valence-electron chi connectivity index (χ0n) is 12.9. The monoisotopic (exact) mass is 321 g/mol. The molecule has 0 spiro atoms. The molecule has 3 atom stereocenters. The van der Waals surface area contributed by atoms with Crippen molar-refractivity contribution in [3.05, 3.63) is 35.4 Å². The molecule has 0 unspecified atom stereocenters. The van der Waals surface area contributed by atoms with Gasteiger partial charge in [0, 0.05) is 11.7 Å². The molecular formula is C16H19NO4S. The number of aryl methyl sites for hydroxylation is 1. The second-order valence-corrected chi connectivity index (χ2v) is 7.87. The lowest BCUT2D eigenvalue weighted by Gasteiger charge is -2.08. The van der Waals surface area contributed by atoms with E-state index in [0.29, 0.717) is 5.56 Å². The van der Waals surface area contributed by atoms with E-state index in [1.54, 1.807) is 19.1 Å². The topological polar surface area (TPSA) is 84.2 Å². The molecule has 118 valence electrons. The Hall–Kier alpha value is -1.87. The van der Waals surface area contributed by atoms with Gasteiger partial charge in [0.2, 0.25) is 0 Å². The van der Waals surface area contributed by atoms with Crippen LogP contribution < -0.4 is 0 Å². The molecule has 1 aliphatic rings. The van der Waals surface area contributed by atoms with E-state index in [9.17, 15) is 18.5 Å². The van der Waals surface area contributed by atoms with Crippen molar-refractivity contribution in [1.82, 2.24) is 0 Å². The van der Waals surface area contributed by atoms with Crippen LogP contribution in [0.3, 0.4) is 0 Å². The number of ether oxygens (including phenoxy) is 1. The van der Waals surface area contributed by atoms with Crippen LogP contribution >= 0.6 is 0 Å². The Balaban J connectivity index is 2.52. The summed E-state index contributed by atoms with van der Waals surface area (Å²) in [4.78, 5) is 12.3. The molecule has 22 heavy (non-hydrogen) atoms. The van der Waals surface area contributed by atoms with Crippen molar-refractivity contribution in [3.63, 3.8) is 0 Å². The molecule has 1 fully saturated rings. The molecule has 6 heteroatoms. The highest BCUT2D eigenvalue weighted by Crippen LogP contribution is 2.63. The van der Waals surface area contributed by atoms with Crippen LogP contribution in [0.1, 0.15) is 30.9 Å². The van der Waals surface area contributed by atoms with Crippen molar-refractivity contribution in [2.45, 2.75) is 31.9 Å². The zero-order valence-corrected chi connectivity index (χ0v) is 13.7. The maximum absolute atomic E-state index is 12.3. The molecule has 1 aromatic carbocycles. The van der Waals surface area contributed by atoms with Crippen LogP contribution in [0.25, 0.3) is 0 Å². The number of rotatable bonds is 5. The largest absolute Gasteiger partial charge is 0.465 e. The minimum absolute atomic E-state index is 0.108. The Bertz CT molecular complexity index is 718. The molecule has 2 rings (SSSR count). The lowest BCUT2D eigenvalue weighted by molar-refractivity contribution is -0.147. The zero-order chi connectivity index (χ0) is 16.5. The van der Waals surface area contributed by atoms with E-state index in [0.717, 1.165) is 5.56 Å². The summed E-state index contributed by atoms with van der Waals surface area (Å²) < 4.78 is 29.7. The van der Waals surface area contributed by atoms with Gasteiger partial charge in [-0.3, -0.25) is 4.79 Å². The summed E-state index contributed by atoms with van der Waals surface area (Å²) in [6.45, 7) is 5.18. The first-order valence-corrected chi connectivity index (χ1v) is 8.93. The van der Waals surface area contributed by atoms with Crippen LogP contribution in [0.15, 0.2) is 24.3 Å². The first-order valence-electron chi connectivity index (χ1n) is 7.21. The quantitative estimate of drug-likeness (QED) is 0.774. The molecule has 0 bridgehead atoms. The van der Waals surface area contributed by atoms with E-state index in [-0.39, 0.29) is 12.4 Å². The van der Waals surface area contributed by atoms with Gasteiger partial charge in [-0.15, -0.1) is 0 Å². The second-order valence-electron chi connectivity index (χ2n) is 5.46. The summed E-state index contributed by atoms with van der Waals surface area (Å²) in [5, 5.41) is 8.52. The highest BCUT2D eigenvalue weighted by atomic mass is 32.2. The number of benzene rings is 1. The van der Waals surface area contributed by atoms with E-state index < -0.39 is 32.4 Å². The fraction of sp³-hybridized carbons (Fsp3) is 0.500. The van der Waals surface area contributed by atoms with Crippen molar-refractivity contribution >= 4 is 15.8 Å². The summed E-state index contributed by atoms with van der Waals surface area (Å²) in [6.07, 6.45) is 0. The molecule has 0 amide bonds. The van der Waals surface area contributed by atoms with Gasteiger partial charge in [0.1, 0.15) is 5.25 Å². The molecule has 1 aromatic rings. The third-order valence-corrected chi connectivity index (χ3v) is 6.38. The van der Waals surface area contributed by atoms with Crippen LogP contribution in [0.2, 0.25) is 0 Å². The number of esters is 1. The number of sulfone groups is 1. The van der Waals surface area contributed by atoms with Crippen LogP contribution in [0.4, 0.5) is 0 Å². The molecule has 0 aliphatic heterocycles. The maximum atomic E-state index is 12.3. The Morgan fingerprint density at radius 3 is 2.36 bits per heavy atom. The van der Waals surface area contributed by atoms with Gasteiger partial charge in [-0.25, -0.2) is 8.42 Å². The summed E-state index contributed by atoms with van der Waals surface area (Å²) in [6, 6.07) is 9.17. The minimum Gasteiger partial charge on any atom is -0.465 e. The normalized spacial score (nSPS) is 27.0. The van der Waals surface area contributed by atoms with Gasteiger partial charge in [-0.05, 0) is 19.4 Å². The second kappa shape index (κ2) is 5.73. The Kier molecular flexibility index (Phi) is 4.30. The number of hydrogen-bond donors (Lipinski definition) is 0. The van der Waals surface area contributed by atoms with E-state index in [1.807, 2.05) is 25.1 Å². The molecule has 0 aromatic heterocycles. The van der Waals surface area contributed by atoms with E-state index in [4.69, 9.17) is 4.74 Å². The van der Waals surface area contributed by atoms with Crippen molar-refractivity contribution < 1.29 is 17.9 Å². The summed E-state index contributed by atoms with van der Waals surface area (Å²) in [7, 11) is -3.54. The first kappa shape index (κ1) is 16.5. The summed E-state index contributed by atoms with van der Waals surface area (Å²) >= 11 is 0. The first-order chi connectivity index (χ1) is 10.3. The average molecular weight is 321 g/mol. The van der Waals surface area contributed by atoms with Crippen molar-refractivity contribution in [1.29, 1.82) is 5.26 Å². The number of carbonyl (C=O) groups excluding carboxylic acids is 1. The standard InChI is InChI=1S/C16H19NO4S/c1-4-21-15(18)16(10-17)13(14(16)22(19,20)5-2)12-8-6-11(3)7-9-12/h6-9,13-14H,4-5H2,1-3H3/t13-,14-,16-/m0/s1. The Labute approximate surface area is 130 Å². The SMILES string of the molecule is CCOC(=O)[C@@]1(C#N)[C@@H](c2ccc(C)cc2)[C@@H]1S(=O)(=O)CC. The fourth-order valence-corrected chi connectivity index (χ4v) is 4.84. The van der Waals surface area contributed by atoms with Gasteiger partial charge in [-0.2, -0.15) is 5.26 Å². The number of hydrogen-bond acceptors (Lipinski definition) is 5. The molecule has 1 aliphatic carbocycles. The molecule has 1 saturated carbocycles. The van der Waals surface area contributed by atoms with Crippen LogP contribution in [0.5, 0.6) is 0 Å². The van der Waals surface area contributed by atoms with E-state index in [2.05, 4.69) is 0 Å². The highest BCUT2D eigenvalue weighted by Gasteiger charge is 2.77. The summed E-state index contributed by atoms with van der Waals surface area (Å²) in [5.74, 6) is -1.52. The predicted octanol–water partition coefficient (Wildman–Crippen LogP) is 1.97. The van der Waals surface area contributed by atoms with Gasteiger partial charge >= 0.3 is 5.97 Å². The van der Waals surface area contributed by atoms with Gasteiger partial charge in [0.05, 0.1) is 12.7 Å². The Morgan fingerprint density at radius 1 is 1.32 bits per heavy atom. The van der Waals surface area contributed by atoms with Gasteiger partial charge in [0.25, 0.3) is 0 Å². The minimum atomic E-state index is -3.54. The molecule has 5 nitrogen and oxygen atoms in total. The number of nitriles is 1. The number of nitrogens with zero attached hydrogens (tertiary/aromatic N) is 1. The highest BCUT2D eigenvalue weighted by molar-refractivity contribution is 7.92. The van der Waals surface area contributed by atoms with E-state index >= 15 is 0 Å². The predicted molar refractivity (Wildman–Crippen MR) is 81.8 cm³/mol. The molecule has 0 saturated heterocycles. The number of carbonyl (C=O) groups is 1.